The molecule has 0 aliphatic heterocycles. The number of carboxylic acids is 1. The maximum Gasteiger partial charge on any atom is 0.314 e. The number of aliphatic hydroxyl groups excluding tert-OH is 1. The van der Waals surface area contributed by atoms with Crippen LogP contribution in [-0.4, -0.2) is 36.5 Å². The quantitative estimate of drug-likeness (QED) is 0.858. The molecule has 126 valence electrons. The second-order valence-electron chi connectivity index (χ2n) is 5.81. The van der Waals surface area contributed by atoms with Crippen LogP contribution in [0.5, 0.6) is 0 Å². The Labute approximate surface area is 138 Å². The van der Waals surface area contributed by atoms with Gasteiger partial charge in [-0.05, 0) is 29.8 Å². The summed E-state index contributed by atoms with van der Waals surface area (Å²) in [6, 6.07) is 12.5. The molecule has 3 atom stereocenters. The summed E-state index contributed by atoms with van der Waals surface area (Å²) in [6.07, 6.45) is 0. The molecule has 0 bridgehead atoms. The minimum atomic E-state index is -3.97. The Morgan fingerprint density at radius 3 is 2.17 bits per heavy atom. The molecule has 1 aliphatic rings. The summed E-state index contributed by atoms with van der Waals surface area (Å²) in [6.45, 7) is -0.818. The van der Waals surface area contributed by atoms with E-state index in [1.54, 1.807) is 18.2 Å². The Bertz CT molecular complexity index is 864. The molecule has 2 N–H and O–H groups in total. The fourth-order valence-electron chi connectivity index (χ4n) is 3.27. The molecule has 7 heteroatoms. The Hall–Kier alpha value is -2.25. The molecule has 2 aromatic carbocycles. The smallest absolute Gasteiger partial charge is 0.314 e. The molecule has 0 unspecified atom stereocenters. The van der Waals surface area contributed by atoms with Crippen LogP contribution >= 0.6 is 0 Å². The second kappa shape index (κ2) is 5.68. The standard InChI is InChI=1S/C17H15FO5S/c18-12-8-6-11(7-9-12)14-15(17(14,10-19)16(20)21)24(22,23)13-4-2-1-3-5-13/h1-9,14-15,19H,10H2,(H,20,21)/t14-,15+,17+/m1/s1. The number of sulfone groups is 1. The fraction of sp³-hybridized carbons (Fsp3) is 0.235. The summed E-state index contributed by atoms with van der Waals surface area (Å²) in [5.41, 5.74) is -1.45. The van der Waals surface area contributed by atoms with Crippen molar-refractivity contribution >= 4 is 15.8 Å². The SMILES string of the molecule is O=C(O)[C@@]1(CO)[C@H](c2ccc(F)cc2)[C@@H]1S(=O)(=O)c1ccccc1. The number of hydrogen-bond donors (Lipinski definition) is 2. The summed E-state index contributed by atoms with van der Waals surface area (Å²) >= 11 is 0. The van der Waals surface area contributed by atoms with Crippen LogP contribution in [0.3, 0.4) is 0 Å². The minimum absolute atomic E-state index is 0.00122. The number of rotatable bonds is 5. The first-order valence-corrected chi connectivity index (χ1v) is 8.79. The molecule has 0 aromatic heterocycles. The first kappa shape index (κ1) is 16.6. The van der Waals surface area contributed by atoms with E-state index in [4.69, 9.17) is 0 Å². The van der Waals surface area contributed by atoms with Crippen LogP contribution < -0.4 is 0 Å². The van der Waals surface area contributed by atoms with Crippen molar-refractivity contribution in [1.82, 2.24) is 0 Å². The number of carbonyl (C=O) groups is 1. The van der Waals surface area contributed by atoms with Gasteiger partial charge in [-0.2, -0.15) is 0 Å². The maximum atomic E-state index is 13.1. The zero-order chi connectivity index (χ0) is 17.5. The van der Waals surface area contributed by atoms with Crippen molar-refractivity contribution in [2.24, 2.45) is 5.41 Å². The molecular formula is C17H15FO5S. The summed E-state index contributed by atoms with van der Waals surface area (Å²) in [5.74, 6) is -2.83. The van der Waals surface area contributed by atoms with E-state index in [2.05, 4.69) is 0 Å². The number of halogens is 1. The Morgan fingerprint density at radius 1 is 1.08 bits per heavy atom. The highest BCUT2D eigenvalue weighted by Gasteiger charge is 2.75. The normalized spacial score (nSPS) is 26.1. The van der Waals surface area contributed by atoms with Crippen LogP contribution in [0.2, 0.25) is 0 Å². The van der Waals surface area contributed by atoms with E-state index < -0.39 is 44.8 Å². The van der Waals surface area contributed by atoms with E-state index in [1.807, 2.05) is 0 Å². The van der Waals surface area contributed by atoms with Crippen molar-refractivity contribution < 1.29 is 27.8 Å². The van der Waals surface area contributed by atoms with Crippen molar-refractivity contribution in [3.05, 3.63) is 66.0 Å². The highest BCUT2D eigenvalue weighted by atomic mass is 32.2. The number of aliphatic carboxylic acids is 1. The fourth-order valence-corrected chi connectivity index (χ4v) is 5.66. The van der Waals surface area contributed by atoms with Crippen molar-refractivity contribution in [3.8, 4) is 0 Å². The molecule has 1 aliphatic carbocycles. The van der Waals surface area contributed by atoms with Gasteiger partial charge in [0.1, 0.15) is 11.2 Å². The van der Waals surface area contributed by atoms with Crippen LogP contribution in [0.4, 0.5) is 4.39 Å². The molecular weight excluding hydrogens is 335 g/mol. The molecule has 0 saturated heterocycles. The lowest BCUT2D eigenvalue weighted by Gasteiger charge is -2.09. The van der Waals surface area contributed by atoms with Crippen molar-refractivity contribution in [3.63, 3.8) is 0 Å². The van der Waals surface area contributed by atoms with E-state index in [0.29, 0.717) is 5.56 Å². The lowest BCUT2D eigenvalue weighted by molar-refractivity contribution is -0.145. The van der Waals surface area contributed by atoms with Gasteiger partial charge in [-0.1, -0.05) is 30.3 Å². The van der Waals surface area contributed by atoms with Crippen LogP contribution in [0.25, 0.3) is 0 Å². The Morgan fingerprint density at radius 2 is 1.67 bits per heavy atom. The molecule has 1 fully saturated rings. The molecule has 0 radical (unpaired) electrons. The molecule has 3 rings (SSSR count). The summed E-state index contributed by atoms with van der Waals surface area (Å²) < 4.78 is 38.9. The Balaban J connectivity index is 2.11. The van der Waals surface area contributed by atoms with Crippen LogP contribution in [-0.2, 0) is 14.6 Å². The number of aliphatic hydroxyl groups is 1. The molecule has 5 nitrogen and oxygen atoms in total. The lowest BCUT2D eigenvalue weighted by Crippen LogP contribution is -2.27. The highest BCUT2D eigenvalue weighted by Crippen LogP contribution is 2.64. The topological polar surface area (TPSA) is 91.7 Å². The predicted octanol–water partition coefficient (Wildman–Crippen LogP) is 1.83. The number of benzene rings is 2. The van der Waals surface area contributed by atoms with Gasteiger partial charge in [-0.15, -0.1) is 0 Å². The molecule has 0 heterocycles. The molecule has 0 amide bonds. The Kier molecular flexibility index (Phi) is 3.93. The van der Waals surface area contributed by atoms with E-state index >= 15 is 0 Å². The minimum Gasteiger partial charge on any atom is -0.481 e. The van der Waals surface area contributed by atoms with Gasteiger partial charge in [0, 0.05) is 5.92 Å². The van der Waals surface area contributed by atoms with E-state index in [0.717, 1.165) is 12.1 Å². The number of carboxylic acid groups (broad SMARTS) is 1. The van der Waals surface area contributed by atoms with Gasteiger partial charge in [0.25, 0.3) is 0 Å². The lowest BCUT2D eigenvalue weighted by atomic mass is 10.0. The third-order valence-corrected chi connectivity index (χ3v) is 6.84. The third-order valence-electron chi connectivity index (χ3n) is 4.55. The van der Waals surface area contributed by atoms with Crippen molar-refractivity contribution in [2.75, 3.05) is 6.61 Å². The van der Waals surface area contributed by atoms with Gasteiger partial charge >= 0.3 is 5.97 Å². The van der Waals surface area contributed by atoms with Gasteiger partial charge < -0.3 is 10.2 Å². The largest absolute Gasteiger partial charge is 0.481 e. The maximum absolute atomic E-state index is 13.1. The summed E-state index contributed by atoms with van der Waals surface area (Å²) in [4.78, 5) is 11.8. The average molecular weight is 350 g/mol. The van der Waals surface area contributed by atoms with E-state index in [-0.39, 0.29) is 4.90 Å². The van der Waals surface area contributed by atoms with Crippen molar-refractivity contribution in [2.45, 2.75) is 16.1 Å². The van der Waals surface area contributed by atoms with Crippen LogP contribution in [0.1, 0.15) is 11.5 Å². The first-order chi connectivity index (χ1) is 11.4. The van der Waals surface area contributed by atoms with Gasteiger partial charge in [0.15, 0.2) is 9.84 Å². The first-order valence-electron chi connectivity index (χ1n) is 7.24. The summed E-state index contributed by atoms with van der Waals surface area (Å²) in [7, 11) is -3.97. The molecule has 1 saturated carbocycles. The second-order valence-corrected chi connectivity index (χ2v) is 7.88. The molecule has 24 heavy (non-hydrogen) atoms. The summed E-state index contributed by atoms with van der Waals surface area (Å²) in [5, 5.41) is 17.9. The molecule has 2 aromatic rings. The van der Waals surface area contributed by atoms with Crippen LogP contribution in [0, 0.1) is 11.2 Å². The number of hydrogen-bond acceptors (Lipinski definition) is 4. The van der Waals surface area contributed by atoms with E-state index in [9.17, 15) is 27.8 Å². The average Bonchev–Trinajstić information content (AvgIpc) is 3.28. The van der Waals surface area contributed by atoms with Crippen LogP contribution in [0.15, 0.2) is 59.5 Å². The van der Waals surface area contributed by atoms with Gasteiger partial charge in [0.05, 0.1) is 16.8 Å². The monoisotopic (exact) mass is 350 g/mol. The predicted molar refractivity (Wildman–Crippen MR) is 83.7 cm³/mol. The van der Waals surface area contributed by atoms with E-state index in [1.165, 1.54) is 24.3 Å². The van der Waals surface area contributed by atoms with Gasteiger partial charge in [0.2, 0.25) is 0 Å². The highest BCUT2D eigenvalue weighted by molar-refractivity contribution is 7.92. The van der Waals surface area contributed by atoms with Gasteiger partial charge in [-0.3, -0.25) is 4.79 Å². The van der Waals surface area contributed by atoms with Crippen molar-refractivity contribution in [1.29, 1.82) is 0 Å². The molecule has 0 spiro atoms. The third kappa shape index (κ3) is 2.32. The zero-order valence-electron chi connectivity index (χ0n) is 12.5. The van der Waals surface area contributed by atoms with Gasteiger partial charge in [-0.25, -0.2) is 12.8 Å². The zero-order valence-corrected chi connectivity index (χ0v) is 13.3.